The Labute approximate surface area is 130 Å². The first-order chi connectivity index (χ1) is 10.2. The topological polar surface area (TPSA) is 102 Å². The van der Waals surface area contributed by atoms with Crippen molar-refractivity contribution >= 4 is 18.0 Å². The zero-order chi connectivity index (χ0) is 17.2. The van der Waals surface area contributed by atoms with Crippen LogP contribution in [-0.4, -0.2) is 41.4 Å². The molecule has 7 nitrogen and oxygen atoms in total. The highest BCUT2D eigenvalue weighted by molar-refractivity contribution is 5.82. The lowest BCUT2D eigenvalue weighted by atomic mass is 10.2. The number of carbonyl (C=O) groups is 3. The Kier molecular flexibility index (Phi) is 8.59. The Hall–Kier alpha value is -2.31. The van der Waals surface area contributed by atoms with Crippen LogP contribution in [0.25, 0.3) is 0 Å². The number of alkyl carbamates (subject to hydrolysis) is 1. The van der Waals surface area contributed by atoms with Crippen molar-refractivity contribution in [2.24, 2.45) is 0 Å². The van der Waals surface area contributed by atoms with E-state index in [0.29, 0.717) is 0 Å². The lowest BCUT2D eigenvalue weighted by Gasteiger charge is -2.21. The molecule has 0 heterocycles. The van der Waals surface area contributed by atoms with Gasteiger partial charge in [0.15, 0.2) is 0 Å². The van der Waals surface area contributed by atoms with Crippen LogP contribution in [0, 0.1) is 0 Å². The molecule has 0 saturated heterocycles. The number of aliphatic carboxylic acids is 1. The molecule has 0 aromatic carbocycles. The van der Waals surface area contributed by atoms with Crippen LogP contribution in [-0.2, 0) is 19.1 Å². The van der Waals surface area contributed by atoms with Gasteiger partial charge in [-0.1, -0.05) is 18.2 Å². The van der Waals surface area contributed by atoms with E-state index in [1.165, 1.54) is 24.3 Å². The smallest absolute Gasteiger partial charge is 0.408 e. The molecule has 1 amide bonds. The average Bonchev–Trinajstić information content (AvgIpc) is 2.34. The van der Waals surface area contributed by atoms with E-state index in [4.69, 9.17) is 9.84 Å². The van der Waals surface area contributed by atoms with Crippen LogP contribution in [0.15, 0.2) is 24.3 Å². The van der Waals surface area contributed by atoms with Gasteiger partial charge in [0.25, 0.3) is 0 Å². The molecule has 0 spiro atoms. The molecule has 0 aromatic rings. The molecule has 2 N–H and O–H groups in total. The molecule has 1 atom stereocenters. The van der Waals surface area contributed by atoms with E-state index in [0.717, 1.165) is 0 Å². The third kappa shape index (κ3) is 10.5. The SMILES string of the molecule is CCOC(=O)C=CC=CC[C@H](NC(=O)OC(C)(C)C)C(=O)O. The molecule has 7 heteroatoms. The van der Waals surface area contributed by atoms with Crippen molar-refractivity contribution in [1.82, 2.24) is 5.32 Å². The van der Waals surface area contributed by atoms with Crippen molar-refractivity contribution in [2.45, 2.75) is 45.8 Å². The number of rotatable bonds is 7. The minimum Gasteiger partial charge on any atom is -0.480 e. The number of allylic oxidation sites excluding steroid dienone is 2. The Balaban J connectivity index is 4.40. The van der Waals surface area contributed by atoms with Crippen LogP contribution in [0.1, 0.15) is 34.1 Å². The Morgan fingerprint density at radius 3 is 2.36 bits per heavy atom. The van der Waals surface area contributed by atoms with Gasteiger partial charge in [0, 0.05) is 6.08 Å². The monoisotopic (exact) mass is 313 g/mol. The highest BCUT2D eigenvalue weighted by Crippen LogP contribution is 2.07. The first-order valence-corrected chi connectivity index (χ1v) is 6.88. The summed E-state index contributed by atoms with van der Waals surface area (Å²) in [6.07, 6.45) is 4.94. The number of esters is 1. The fourth-order valence-electron chi connectivity index (χ4n) is 1.29. The van der Waals surface area contributed by atoms with Crippen molar-refractivity contribution in [3.8, 4) is 0 Å². The quantitative estimate of drug-likeness (QED) is 0.423. The molecule has 0 fully saturated rings. The van der Waals surface area contributed by atoms with Crippen molar-refractivity contribution in [3.05, 3.63) is 24.3 Å². The van der Waals surface area contributed by atoms with Crippen LogP contribution in [0.4, 0.5) is 4.79 Å². The van der Waals surface area contributed by atoms with Gasteiger partial charge in [-0.3, -0.25) is 0 Å². The van der Waals surface area contributed by atoms with E-state index in [2.05, 4.69) is 10.1 Å². The molecule has 0 bridgehead atoms. The minimum absolute atomic E-state index is 0.0573. The molecule has 0 saturated carbocycles. The maximum absolute atomic E-state index is 11.5. The van der Waals surface area contributed by atoms with Crippen molar-refractivity contribution in [3.63, 3.8) is 0 Å². The summed E-state index contributed by atoms with van der Waals surface area (Å²) in [5.41, 5.74) is -0.703. The summed E-state index contributed by atoms with van der Waals surface area (Å²) < 4.78 is 9.67. The van der Waals surface area contributed by atoms with Gasteiger partial charge in [-0.15, -0.1) is 0 Å². The number of hydrogen-bond acceptors (Lipinski definition) is 5. The molecule has 0 aliphatic heterocycles. The van der Waals surface area contributed by atoms with E-state index in [9.17, 15) is 14.4 Å². The minimum atomic E-state index is -1.18. The van der Waals surface area contributed by atoms with Crippen LogP contribution >= 0.6 is 0 Å². The Morgan fingerprint density at radius 2 is 1.86 bits per heavy atom. The van der Waals surface area contributed by atoms with Gasteiger partial charge in [0.2, 0.25) is 0 Å². The number of carboxylic acids is 1. The van der Waals surface area contributed by atoms with Gasteiger partial charge in [0.05, 0.1) is 6.61 Å². The predicted molar refractivity (Wildman–Crippen MR) is 80.3 cm³/mol. The van der Waals surface area contributed by atoms with Gasteiger partial charge in [-0.25, -0.2) is 14.4 Å². The number of hydrogen-bond donors (Lipinski definition) is 2. The third-order valence-corrected chi connectivity index (χ3v) is 2.13. The van der Waals surface area contributed by atoms with Gasteiger partial charge < -0.3 is 19.9 Å². The van der Waals surface area contributed by atoms with Gasteiger partial charge in [0.1, 0.15) is 11.6 Å². The van der Waals surface area contributed by atoms with Gasteiger partial charge in [-0.2, -0.15) is 0 Å². The van der Waals surface area contributed by atoms with E-state index >= 15 is 0 Å². The molecule has 0 radical (unpaired) electrons. The maximum atomic E-state index is 11.5. The number of carbonyl (C=O) groups excluding carboxylic acids is 2. The first kappa shape index (κ1) is 19.7. The Bertz CT molecular complexity index is 447. The highest BCUT2D eigenvalue weighted by Gasteiger charge is 2.22. The fourth-order valence-corrected chi connectivity index (χ4v) is 1.29. The molecule has 0 aliphatic carbocycles. The van der Waals surface area contributed by atoms with Crippen molar-refractivity contribution < 1.29 is 29.0 Å². The molecule has 0 unspecified atom stereocenters. The summed E-state index contributed by atoms with van der Waals surface area (Å²) in [5, 5.41) is 11.3. The molecule has 0 aliphatic rings. The number of carboxylic acid groups (broad SMARTS) is 1. The predicted octanol–water partition coefficient (Wildman–Crippen LogP) is 2.03. The van der Waals surface area contributed by atoms with E-state index in [1.807, 2.05) is 0 Å². The second-order valence-corrected chi connectivity index (χ2v) is 5.31. The van der Waals surface area contributed by atoms with Gasteiger partial charge in [-0.05, 0) is 34.1 Å². The Morgan fingerprint density at radius 1 is 1.23 bits per heavy atom. The van der Waals surface area contributed by atoms with Gasteiger partial charge >= 0.3 is 18.0 Å². The van der Waals surface area contributed by atoms with Crippen molar-refractivity contribution in [1.29, 1.82) is 0 Å². The largest absolute Gasteiger partial charge is 0.480 e. The summed E-state index contributed by atoms with van der Waals surface area (Å²) >= 11 is 0. The summed E-state index contributed by atoms with van der Waals surface area (Å²) in [6.45, 7) is 7.03. The number of nitrogens with one attached hydrogen (secondary N) is 1. The lowest BCUT2D eigenvalue weighted by molar-refractivity contribution is -0.139. The summed E-state index contributed by atoms with van der Waals surface area (Å²) in [7, 11) is 0. The third-order valence-electron chi connectivity index (χ3n) is 2.13. The summed E-state index contributed by atoms with van der Waals surface area (Å²) in [5.74, 6) is -1.65. The summed E-state index contributed by atoms with van der Waals surface area (Å²) in [6, 6.07) is -1.11. The second-order valence-electron chi connectivity index (χ2n) is 5.31. The standard InChI is InChI=1S/C15H23NO6/c1-5-21-12(17)10-8-6-7-9-11(13(18)19)16-14(20)22-15(2,3)4/h6-8,10-11H,5,9H2,1-4H3,(H,16,20)(H,18,19)/t11-/m0/s1. The van der Waals surface area contributed by atoms with Crippen LogP contribution < -0.4 is 5.32 Å². The lowest BCUT2D eigenvalue weighted by Crippen LogP contribution is -2.43. The normalized spacial score (nSPS) is 13.1. The molecular formula is C15H23NO6. The van der Waals surface area contributed by atoms with E-state index in [-0.39, 0.29) is 13.0 Å². The zero-order valence-electron chi connectivity index (χ0n) is 13.3. The van der Waals surface area contributed by atoms with E-state index < -0.39 is 29.7 Å². The first-order valence-electron chi connectivity index (χ1n) is 6.88. The van der Waals surface area contributed by atoms with Crippen LogP contribution in [0.3, 0.4) is 0 Å². The number of amides is 1. The zero-order valence-corrected chi connectivity index (χ0v) is 13.3. The molecular weight excluding hydrogens is 290 g/mol. The number of ether oxygens (including phenoxy) is 2. The maximum Gasteiger partial charge on any atom is 0.408 e. The molecule has 124 valence electrons. The second kappa shape index (κ2) is 9.59. The average molecular weight is 313 g/mol. The van der Waals surface area contributed by atoms with Crippen molar-refractivity contribution in [2.75, 3.05) is 6.61 Å². The fraction of sp³-hybridized carbons (Fsp3) is 0.533. The molecule has 0 aromatic heterocycles. The highest BCUT2D eigenvalue weighted by atomic mass is 16.6. The molecule has 22 heavy (non-hydrogen) atoms. The summed E-state index contributed by atoms with van der Waals surface area (Å²) in [4.78, 5) is 33.6. The van der Waals surface area contributed by atoms with Crippen LogP contribution in [0.2, 0.25) is 0 Å². The molecule has 0 rings (SSSR count). The van der Waals surface area contributed by atoms with Crippen LogP contribution in [0.5, 0.6) is 0 Å². The van der Waals surface area contributed by atoms with E-state index in [1.54, 1.807) is 27.7 Å².